The van der Waals surface area contributed by atoms with Gasteiger partial charge in [0.25, 0.3) is 0 Å². The Kier molecular flexibility index (Phi) is 5.48. The van der Waals surface area contributed by atoms with Crippen LogP contribution in [0, 0.1) is 23.7 Å². The summed E-state index contributed by atoms with van der Waals surface area (Å²) in [5.74, 6) is 4.34. The van der Waals surface area contributed by atoms with E-state index in [2.05, 4.69) is 0 Å². The van der Waals surface area contributed by atoms with Gasteiger partial charge >= 0.3 is 0 Å². The quantitative estimate of drug-likeness (QED) is 0.590. The lowest BCUT2D eigenvalue weighted by molar-refractivity contribution is -0.938. The number of hydrogen-bond acceptors (Lipinski definition) is 0. The molecule has 3 heteroatoms. The van der Waals surface area contributed by atoms with Crippen molar-refractivity contribution in [3.8, 4) is 0 Å². The maximum Gasteiger partial charge on any atom is 0.0820 e. The van der Waals surface area contributed by atoms with Crippen LogP contribution in [0.3, 0.4) is 0 Å². The molecule has 0 aromatic carbocycles. The maximum atomic E-state index is 1.58. The lowest BCUT2D eigenvalue weighted by Gasteiger charge is -2.47. The third kappa shape index (κ3) is 3.79. The Morgan fingerprint density at radius 3 is 1.07 bits per heavy atom. The van der Waals surface area contributed by atoms with Gasteiger partial charge in [-0.05, 0) is 31.1 Å². The summed E-state index contributed by atoms with van der Waals surface area (Å²) in [4.78, 5) is 0. The summed E-state index contributed by atoms with van der Waals surface area (Å²) in [7, 11) is 0. The molecule has 30 heavy (non-hydrogen) atoms. The first-order valence-electron chi connectivity index (χ1n) is 14.2. The molecule has 6 heterocycles. The van der Waals surface area contributed by atoms with Crippen molar-refractivity contribution in [1.29, 1.82) is 0 Å². The van der Waals surface area contributed by atoms with Gasteiger partial charge in [-0.25, -0.2) is 0 Å². The molecule has 6 saturated heterocycles. The molecular weight excluding hydrogens is 366 g/mol. The predicted molar refractivity (Wildman–Crippen MR) is 124 cm³/mol. The van der Waals surface area contributed by atoms with Crippen molar-refractivity contribution in [3.05, 3.63) is 0 Å². The Morgan fingerprint density at radius 1 is 0.300 bits per heavy atom. The summed E-state index contributed by atoms with van der Waals surface area (Å²) in [6, 6.07) is 0. The first kappa shape index (κ1) is 20.5. The molecular formula is C27H50N3+3. The molecule has 6 aliphatic rings. The molecule has 3 unspecified atom stereocenters. The molecule has 3 nitrogen and oxygen atoms in total. The molecule has 170 valence electrons. The highest BCUT2D eigenvalue weighted by Gasteiger charge is 2.50. The van der Waals surface area contributed by atoms with Gasteiger partial charge in [0.1, 0.15) is 0 Å². The molecule has 3 atom stereocenters. The molecule has 0 aromatic rings. The van der Waals surface area contributed by atoms with Crippen LogP contribution in [0.1, 0.15) is 70.6 Å². The second kappa shape index (κ2) is 8.03. The maximum absolute atomic E-state index is 1.58. The molecule has 0 aliphatic carbocycles. The van der Waals surface area contributed by atoms with Gasteiger partial charge in [-0.3, -0.25) is 0 Å². The van der Waals surface area contributed by atoms with E-state index in [0.29, 0.717) is 0 Å². The lowest BCUT2D eigenvalue weighted by atomic mass is 9.82. The number of piperidine rings is 3. The van der Waals surface area contributed by atoms with Crippen LogP contribution in [0.25, 0.3) is 0 Å². The van der Waals surface area contributed by atoms with Gasteiger partial charge in [0.15, 0.2) is 0 Å². The summed E-state index contributed by atoms with van der Waals surface area (Å²) in [5.41, 5.74) is 0. The number of rotatable bonds is 2. The van der Waals surface area contributed by atoms with Crippen LogP contribution in [0.5, 0.6) is 0 Å². The Hall–Kier alpha value is -0.120. The third-order valence-corrected chi connectivity index (χ3v) is 11.7. The van der Waals surface area contributed by atoms with Crippen molar-refractivity contribution in [2.24, 2.45) is 23.7 Å². The smallest absolute Gasteiger partial charge is 0.0820 e. The number of quaternary nitrogens is 3. The van der Waals surface area contributed by atoms with Crippen LogP contribution in [0.4, 0.5) is 0 Å². The highest BCUT2D eigenvalue weighted by Crippen LogP contribution is 2.44. The molecule has 6 rings (SSSR count). The highest BCUT2D eigenvalue weighted by atomic mass is 15.4. The first-order chi connectivity index (χ1) is 14.7. The summed E-state index contributed by atoms with van der Waals surface area (Å²) in [6.07, 6.45) is 17.0. The van der Waals surface area contributed by atoms with E-state index < -0.39 is 0 Å². The largest absolute Gasteiger partial charge is 0.324 e. The normalized spacial score (nSPS) is 43.8. The van der Waals surface area contributed by atoms with E-state index >= 15 is 0 Å². The molecule has 0 radical (unpaired) electrons. The van der Waals surface area contributed by atoms with Crippen molar-refractivity contribution in [1.82, 2.24) is 0 Å². The van der Waals surface area contributed by atoms with Crippen LogP contribution < -0.4 is 0 Å². The van der Waals surface area contributed by atoms with Crippen molar-refractivity contribution in [2.75, 3.05) is 78.5 Å². The second-order valence-electron chi connectivity index (χ2n) is 13.2. The van der Waals surface area contributed by atoms with E-state index in [9.17, 15) is 0 Å². The van der Waals surface area contributed by atoms with Gasteiger partial charge < -0.3 is 13.4 Å². The molecule has 6 aliphatic heterocycles. The number of nitrogens with zero attached hydrogens (tertiary/aromatic N) is 3. The van der Waals surface area contributed by atoms with Gasteiger partial charge in [-0.2, -0.15) is 0 Å². The zero-order valence-corrected chi connectivity index (χ0v) is 19.9. The second-order valence-corrected chi connectivity index (χ2v) is 13.2. The van der Waals surface area contributed by atoms with Crippen molar-refractivity contribution in [2.45, 2.75) is 70.6 Å². The van der Waals surface area contributed by atoms with Gasteiger partial charge in [0.05, 0.1) is 78.5 Å². The minimum Gasteiger partial charge on any atom is -0.324 e. The molecule has 0 N–H and O–H groups in total. The van der Waals surface area contributed by atoms with Crippen LogP contribution in [0.15, 0.2) is 0 Å². The molecule has 0 aromatic heterocycles. The Labute approximate surface area is 186 Å². The fraction of sp³-hybridized carbons (Fsp3) is 1.00. The topological polar surface area (TPSA) is 0 Å². The standard InChI is InChI=1S/C27H50N3/c1-2-12-28(13-3-1)16-6-24(7-17-28)26-10-20-30(22-26)21-11-27(23-30)25-8-18-29(19-9-25)14-4-5-15-29/h24-27H,1-23H2/q+3. The summed E-state index contributed by atoms with van der Waals surface area (Å²) >= 11 is 0. The van der Waals surface area contributed by atoms with Crippen LogP contribution in [-0.2, 0) is 0 Å². The zero-order chi connectivity index (χ0) is 20.1. The minimum absolute atomic E-state index is 1.08. The summed E-state index contributed by atoms with van der Waals surface area (Å²) < 4.78 is 4.60. The van der Waals surface area contributed by atoms with Gasteiger partial charge in [0.2, 0.25) is 0 Å². The fourth-order valence-corrected chi connectivity index (χ4v) is 9.68. The Morgan fingerprint density at radius 2 is 0.633 bits per heavy atom. The van der Waals surface area contributed by atoms with Crippen molar-refractivity contribution < 1.29 is 13.4 Å². The van der Waals surface area contributed by atoms with E-state index in [-0.39, 0.29) is 0 Å². The molecule has 0 amide bonds. The van der Waals surface area contributed by atoms with Crippen LogP contribution in [0.2, 0.25) is 0 Å². The van der Waals surface area contributed by atoms with Crippen molar-refractivity contribution in [3.63, 3.8) is 0 Å². The average molecular weight is 417 g/mol. The van der Waals surface area contributed by atoms with Crippen LogP contribution in [-0.4, -0.2) is 92.0 Å². The van der Waals surface area contributed by atoms with E-state index in [1.807, 2.05) is 0 Å². The lowest BCUT2D eigenvalue weighted by Crippen LogP contribution is -2.56. The summed E-state index contributed by atoms with van der Waals surface area (Å²) in [6.45, 7) is 18.4. The monoisotopic (exact) mass is 416 g/mol. The molecule has 6 fully saturated rings. The van der Waals surface area contributed by atoms with Crippen LogP contribution >= 0.6 is 0 Å². The zero-order valence-electron chi connectivity index (χ0n) is 19.9. The molecule has 0 saturated carbocycles. The third-order valence-electron chi connectivity index (χ3n) is 11.7. The van der Waals surface area contributed by atoms with Crippen molar-refractivity contribution >= 4 is 0 Å². The summed E-state index contributed by atoms with van der Waals surface area (Å²) in [5, 5.41) is 0. The molecule has 3 spiro atoms. The minimum atomic E-state index is 1.08. The van der Waals surface area contributed by atoms with Gasteiger partial charge in [-0.15, -0.1) is 0 Å². The van der Waals surface area contributed by atoms with E-state index in [0.717, 1.165) is 23.7 Å². The molecule has 0 bridgehead atoms. The average Bonchev–Trinajstić information content (AvgIpc) is 3.52. The van der Waals surface area contributed by atoms with Gasteiger partial charge in [0, 0.05) is 63.2 Å². The highest BCUT2D eigenvalue weighted by molar-refractivity contribution is 4.84. The first-order valence-corrected chi connectivity index (χ1v) is 14.2. The van der Waals surface area contributed by atoms with E-state index in [1.54, 1.807) is 69.2 Å². The fourth-order valence-electron chi connectivity index (χ4n) is 9.68. The SMILES string of the molecule is C1CC[N+]2(CC1)CCC(C1CC[N+]3(CCC(C4CC[N+]5(CCCC5)CC4)C3)C1)CC2. The van der Waals surface area contributed by atoms with Gasteiger partial charge in [-0.1, -0.05) is 0 Å². The Bertz CT molecular complexity index is 585. The Balaban J connectivity index is 1.00. The van der Waals surface area contributed by atoms with E-state index in [1.165, 1.54) is 93.4 Å². The predicted octanol–water partition coefficient (Wildman–Crippen LogP) is 4.27. The number of hydrogen-bond donors (Lipinski definition) is 0. The van der Waals surface area contributed by atoms with E-state index in [4.69, 9.17) is 0 Å².